The van der Waals surface area contributed by atoms with Crippen LogP contribution in [0.5, 0.6) is 0 Å². The first-order valence-corrected chi connectivity index (χ1v) is 12.8. The minimum absolute atomic E-state index is 0.0457. The van der Waals surface area contributed by atoms with Gasteiger partial charge in [-0.2, -0.15) is 4.98 Å². The summed E-state index contributed by atoms with van der Waals surface area (Å²) in [5.74, 6) is 0.819. The molecule has 3 rings (SSSR count). The van der Waals surface area contributed by atoms with E-state index in [0.29, 0.717) is 33.4 Å². The number of sulfonamides is 1. The highest BCUT2D eigenvalue weighted by Crippen LogP contribution is 2.27. The molecule has 0 bridgehead atoms. The fourth-order valence-electron chi connectivity index (χ4n) is 2.51. The van der Waals surface area contributed by atoms with Crippen LogP contribution in [0.3, 0.4) is 0 Å². The summed E-state index contributed by atoms with van der Waals surface area (Å²) < 4.78 is 28.6. The number of thiophene rings is 1. The van der Waals surface area contributed by atoms with Gasteiger partial charge in [-0.1, -0.05) is 23.7 Å². The molecule has 0 aliphatic rings. The number of hydrogen-bond donors (Lipinski definition) is 4. The molecule has 3 aromatic rings. The van der Waals surface area contributed by atoms with E-state index in [0.717, 1.165) is 16.9 Å². The highest BCUT2D eigenvalue weighted by molar-refractivity contribution is 9.10. The quantitative estimate of drug-likeness (QED) is 0.304. The van der Waals surface area contributed by atoms with Gasteiger partial charge in [0.2, 0.25) is 16.0 Å². The van der Waals surface area contributed by atoms with Crippen LogP contribution in [-0.4, -0.2) is 42.7 Å². The van der Waals surface area contributed by atoms with Crippen molar-refractivity contribution in [1.29, 1.82) is 0 Å². The molecule has 1 aromatic carbocycles. The summed E-state index contributed by atoms with van der Waals surface area (Å²) in [7, 11) is -3.63. The van der Waals surface area contributed by atoms with E-state index in [2.05, 4.69) is 41.3 Å². The molecule has 0 aliphatic heterocycles. The smallest absolute Gasteiger partial charge is 0.250 e. The van der Waals surface area contributed by atoms with Crippen molar-refractivity contribution < 1.29 is 13.5 Å². The second kappa shape index (κ2) is 10.7. The van der Waals surface area contributed by atoms with Gasteiger partial charge in [-0.25, -0.2) is 18.1 Å². The Morgan fingerprint density at radius 1 is 1.29 bits per heavy atom. The zero-order chi connectivity index (χ0) is 22.4. The van der Waals surface area contributed by atoms with Crippen LogP contribution in [0.2, 0.25) is 5.02 Å². The number of benzene rings is 1. The van der Waals surface area contributed by atoms with Gasteiger partial charge in [-0.05, 0) is 53.0 Å². The number of hydrogen-bond acceptors (Lipinski definition) is 8. The average molecular weight is 547 g/mol. The third-order valence-electron chi connectivity index (χ3n) is 4.12. The third kappa shape index (κ3) is 6.86. The summed E-state index contributed by atoms with van der Waals surface area (Å²) in [6, 6.07) is 8.63. The van der Waals surface area contributed by atoms with Gasteiger partial charge >= 0.3 is 0 Å². The first-order valence-electron chi connectivity index (χ1n) is 9.26. The molecule has 1 atom stereocenters. The molecule has 0 fully saturated rings. The fraction of sp³-hybridized carbons (Fsp3) is 0.263. The molecule has 2 aromatic heterocycles. The van der Waals surface area contributed by atoms with Crippen LogP contribution in [0.15, 0.2) is 50.6 Å². The van der Waals surface area contributed by atoms with Gasteiger partial charge in [0.05, 0.1) is 16.8 Å². The number of anilines is 3. The molecule has 0 amide bonds. The topological polar surface area (TPSA) is 116 Å². The average Bonchev–Trinajstić information content (AvgIpc) is 3.21. The molecule has 31 heavy (non-hydrogen) atoms. The van der Waals surface area contributed by atoms with Crippen LogP contribution in [0, 0.1) is 0 Å². The minimum atomic E-state index is -3.63. The Bertz CT molecular complexity index is 1130. The maximum absolute atomic E-state index is 12.6. The largest absolute Gasteiger partial charge is 0.394 e. The minimum Gasteiger partial charge on any atom is -0.394 e. The van der Waals surface area contributed by atoms with Crippen molar-refractivity contribution in [2.75, 3.05) is 23.8 Å². The summed E-state index contributed by atoms with van der Waals surface area (Å²) in [4.78, 5) is 8.54. The number of rotatable bonds is 10. The summed E-state index contributed by atoms with van der Waals surface area (Å²) in [6.45, 7) is 2.05. The summed E-state index contributed by atoms with van der Waals surface area (Å²) in [6.07, 6.45) is 2.13. The Balaban J connectivity index is 1.62. The highest BCUT2D eigenvalue weighted by atomic mass is 79.9. The maximum Gasteiger partial charge on any atom is 0.250 e. The van der Waals surface area contributed by atoms with Crippen molar-refractivity contribution in [2.24, 2.45) is 0 Å². The lowest BCUT2D eigenvalue weighted by Gasteiger charge is -2.13. The van der Waals surface area contributed by atoms with Crippen LogP contribution >= 0.6 is 38.9 Å². The number of nitrogens with one attached hydrogen (secondary N) is 3. The van der Waals surface area contributed by atoms with Crippen LogP contribution in [0.25, 0.3) is 0 Å². The fourth-order valence-corrected chi connectivity index (χ4v) is 5.13. The summed E-state index contributed by atoms with van der Waals surface area (Å²) in [5.41, 5.74) is 1.56. The Morgan fingerprint density at radius 2 is 2.03 bits per heavy atom. The molecule has 8 nitrogen and oxygen atoms in total. The van der Waals surface area contributed by atoms with Crippen molar-refractivity contribution in [2.45, 2.75) is 23.6 Å². The van der Waals surface area contributed by atoms with Crippen LogP contribution < -0.4 is 15.4 Å². The predicted molar refractivity (Wildman–Crippen MR) is 128 cm³/mol. The van der Waals surface area contributed by atoms with E-state index in [1.54, 1.807) is 23.7 Å². The third-order valence-corrected chi connectivity index (χ3v) is 7.85. The number of halogens is 2. The molecular weight excluding hydrogens is 526 g/mol. The van der Waals surface area contributed by atoms with E-state index in [1.165, 1.54) is 6.07 Å². The van der Waals surface area contributed by atoms with E-state index < -0.39 is 10.0 Å². The van der Waals surface area contributed by atoms with E-state index in [4.69, 9.17) is 11.6 Å². The number of nitrogens with zero attached hydrogens (tertiary/aromatic N) is 2. The lowest BCUT2D eigenvalue weighted by Crippen LogP contribution is -2.25. The maximum atomic E-state index is 12.6. The van der Waals surface area contributed by atoms with Gasteiger partial charge < -0.3 is 15.7 Å². The molecule has 0 unspecified atom stereocenters. The van der Waals surface area contributed by atoms with Gasteiger partial charge in [-0.15, -0.1) is 11.3 Å². The molecule has 0 radical (unpaired) electrons. The van der Waals surface area contributed by atoms with E-state index >= 15 is 0 Å². The normalized spacial score (nSPS) is 12.5. The van der Waals surface area contributed by atoms with Crippen molar-refractivity contribution in [3.63, 3.8) is 0 Å². The zero-order valence-corrected chi connectivity index (χ0v) is 20.4. The first kappa shape index (κ1) is 23.9. The van der Waals surface area contributed by atoms with Gasteiger partial charge in [0.25, 0.3) is 0 Å². The second-order valence-corrected chi connectivity index (χ2v) is 10.9. The Kier molecular flexibility index (Phi) is 8.25. The molecule has 0 spiro atoms. The lowest BCUT2D eigenvalue weighted by atomic mass is 10.2. The number of aliphatic hydroxyl groups excluding tert-OH is 1. The van der Waals surface area contributed by atoms with Gasteiger partial charge in [0.15, 0.2) is 0 Å². The Labute approximate surface area is 198 Å². The molecule has 2 heterocycles. The Hall–Kier alpha value is -1.76. The molecule has 0 saturated heterocycles. The molecular formula is C19H21BrClN5O3S2. The van der Waals surface area contributed by atoms with Crippen LogP contribution in [-0.2, 0) is 16.4 Å². The highest BCUT2D eigenvalue weighted by Gasteiger charge is 2.17. The van der Waals surface area contributed by atoms with Gasteiger partial charge in [0.1, 0.15) is 10.0 Å². The van der Waals surface area contributed by atoms with Gasteiger partial charge in [0, 0.05) is 29.2 Å². The SMILES string of the molecule is C[C@H](CO)Nc1nc(Nc2csc(S(=O)(=O)NCCc3ccc(Cl)cc3)c2)ncc1Br. The lowest BCUT2D eigenvalue weighted by molar-refractivity contribution is 0.281. The standard InChI is InChI=1S/C19H21BrClN5O3S2/c1-12(10-27)24-18-16(20)9-22-19(26-18)25-15-8-17(30-11-15)31(28,29)23-7-6-13-2-4-14(21)5-3-13/h2-5,8-9,11-12,23,27H,6-7,10H2,1H3,(H2,22,24,25,26)/t12-/m1/s1. The predicted octanol–water partition coefficient (Wildman–Crippen LogP) is 4.01. The molecule has 166 valence electrons. The first-order chi connectivity index (χ1) is 14.8. The van der Waals surface area contributed by atoms with Crippen molar-refractivity contribution in [1.82, 2.24) is 14.7 Å². The zero-order valence-electron chi connectivity index (χ0n) is 16.5. The van der Waals surface area contributed by atoms with E-state index in [1.807, 2.05) is 19.1 Å². The Morgan fingerprint density at radius 3 is 2.74 bits per heavy atom. The summed E-state index contributed by atoms with van der Waals surface area (Å²) in [5, 5.41) is 17.6. The number of aliphatic hydroxyl groups is 1. The molecule has 0 saturated carbocycles. The molecule has 4 N–H and O–H groups in total. The second-order valence-electron chi connectivity index (χ2n) is 6.67. The van der Waals surface area contributed by atoms with Gasteiger partial charge in [-0.3, -0.25) is 0 Å². The monoisotopic (exact) mass is 545 g/mol. The van der Waals surface area contributed by atoms with E-state index in [-0.39, 0.29) is 23.4 Å². The van der Waals surface area contributed by atoms with Crippen LogP contribution in [0.4, 0.5) is 17.5 Å². The van der Waals surface area contributed by atoms with E-state index in [9.17, 15) is 13.5 Å². The summed E-state index contributed by atoms with van der Waals surface area (Å²) >= 11 is 10.3. The number of aromatic nitrogens is 2. The van der Waals surface area contributed by atoms with Crippen LogP contribution in [0.1, 0.15) is 12.5 Å². The molecule has 12 heteroatoms. The van der Waals surface area contributed by atoms with Crippen molar-refractivity contribution >= 4 is 66.3 Å². The van der Waals surface area contributed by atoms with Crippen molar-refractivity contribution in [3.8, 4) is 0 Å². The molecule has 0 aliphatic carbocycles. The van der Waals surface area contributed by atoms with Crippen molar-refractivity contribution in [3.05, 3.63) is 57.0 Å².